The van der Waals surface area contributed by atoms with Gasteiger partial charge in [0, 0.05) is 15.9 Å². The third kappa shape index (κ3) is 3.86. The summed E-state index contributed by atoms with van der Waals surface area (Å²) in [4.78, 5) is 0. The van der Waals surface area contributed by atoms with E-state index in [0.29, 0.717) is 0 Å². The quantitative estimate of drug-likeness (QED) is 0.179. The molecule has 2 heteroatoms. The summed E-state index contributed by atoms with van der Waals surface area (Å²) in [6.45, 7) is 0. The van der Waals surface area contributed by atoms with Gasteiger partial charge in [-0.2, -0.15) is 0 Å². The predicted octanol–water partition coefficient (Wildman–Crippen LogP) is 10.6. The highest BCUT2D eigenvalue weighted by Crippen LogP contribution is 2.58. The van der Waals surface area contributed by atoms with Gasteiger partial charge in [-0.25, -0.2) is 0 Å². The smallest absolute Gasteiger partial charge is 0.171 e. The Bertz CT molecular complexity index is 2330. The molecule has 0 radical (unpaired) electrons. The number of fused-ring (bicyclic) bond motifs is 4. The van der Waals surface area contributed by atoms with E-state index in [1.807, 2.05) is 60.7 Å². The van der Waals surface area contributed by atoms with Crippen molar-refractivity contribution in [1.29, 1.82) is 0 Å². The van der Waals surface area contributed by atoms with E-state index < -0.39 is 7.14 Å². The van der Waals surface area contributed by atoms with Gasteiger partial charge < -0.3 is 4.57 Å². The monoisotopic (exact) mass is 604 g/mol. The van der Waals surface area contributed by atoms with Crippen molar-refractivity contribution in [3.8, 4) is 44.5 Å². The maximum atomic E-state index is 15.7. The van der Waals surface area contributed by atoms with Gasteiger partial charge in [0.15, 0.2) is 7.14 Å². The van der Waals surface area contributed by atoms with E-state index in [2.05, 4.69) is 115 Å². The first-order valence-electron chi connectivity index (χ1n) is 15.7. The third-order valence-electron chi connectivity index (χ3n) is 9.48. The van der Waals surface area contributed by atoms with E-state index in [0.717, 1.165) is 21.3 Å². The second kappa shape index (κ2) is 10.6. The van der Waals surface area contributed by atoms with Crippen molar-refractivity contribution in [1.82, 2.24) is 0 Å². The summed E-state index contributed by atoms with van der Waals surface area (Å²) in [6.07, 6.45) is 0. The van der Waals surface area contributed by atoms with E-state index in [-0.39, 0.29) is 0 Å². The zero-order valence-electron chi connectivity index (χ0n) is 25.1. The average molecular weight is 605 g/mol. The molecule has 0 N–H and O–H groups in total. The van der Waals surface area contributed by atoms with Gasteiger partial charge in [-0.15, -0.1) is 0 Å². The molecule has 1 aliphatic rings. The Morgan fingerprint density at radius 2 is 0.739 bits per heavy atom. The summed E-state index contributed by atoms with van der Waals surface area (Å²) in [7, 11) is -3.21. The first-order valence-corrected chi connectivity index (χ1v) is 17.4. The van der Waals surface area contributed by atoms with Crippen LogP contribution in [0.2, 0.25) is 0 Å². The summed E-state index contributed by atoms with van der Waals surface area (Å²) >= 11 is 0. The van der Waals surface area contributed by atoms with Crippen LogP contribution in [0.25, 0.3) is 66.1 Å². The molecule has 0 unspecified atom stereocenters. The maximum Gasteiger partial charge on any atom is 0.171 e. The fourth-order valence-electron chi connectivity index (χ4n) is 7.57. The van der Waals surface area contributed by atoms with Gasteiger partial charge in [0.1, 0.15) is 0 Å². The van der Waals surface area contributed by atoms with Gasteiger partial charge in [-0.05, 0) is 72.1 Å². The fourth-order valence-corrected chi connectivity index (χ4v) is 10.4. The van der Waals surface area contributed by atoms with Crippen molar-refractivity contribution in [2.24, 2.45) is 0 Å². The molecule has 216 valence electrons. The Kier molecular flexibility index (Phi) is 6.17. The molecule has 46 heavy (non-hydrogen) atoms. The van der Waals surface area contributed by atoms with Gasteiger partial charge in [0.2, 0.25) is 0 Å². The summed E-state index contributed by atoms with van der Waals surface area (Å²) in [5, 5.41) is 7.25. The van der Waals surface area contributed by atoms with Crippen LogP contribution in [0.3, 0.4) is 0 Å². The largest absolute Gasteiger partial charge is 0.309 e. The normalized spacial score (nSPS) is 12.0. The van der Waals surface area contributed by atoms with Crippen LogP contribution in [0.5, 0.6) is 0 Å². The standard InChI is InChI=1S/C44H29OP/c45-46(32-20-9-3-10-21-32,33-22-11-4-12-23-33)39-29-28-38-42-36(39)26-15-27-37(42)43-40(30-16-5-1-6-17-30)34-24-13-14-25-35(34)41(44(38)43)31-18-7-2-8-19-31/h1-29H. The molecule has 0 amide bonds. The molecule has 1 aliphatic carbocycles. The average Bonchev–Trinajstić information content (AvgIpc) is 3.46. The van der Waals surface area contributed by atoms with Crippen molar-refractivity contribution in [3.05, 3.63) is 176 Å². The van der Waals surface area contributed by atoms with Crippen molar-refractivity contribution in [3.63, 3.8) is 0 Å². The first kappa shape index (κ1) is 26.9. The van der Waals surface area contributed by atoms with Crippen LogP contribution in [0.15, 0.2) is 176 Å². The van der Waals surface area contributed by atoms with E-state index in [9.17, 15) is 0 Å². The number of benzene rings is 8. The number of hydrogen-bond donors (Lipinski definition) is 0. The molecular formula is C44H29OP. The van der Waals surface area contributed by atoms with E-state index in [4.69, 9.17) is 0 Å². The number of hydrogen-bond acceptors (Lipinski definition) is 1. The summed E-state index contributed by atoms with van der Waals surface area (Å²) in [5.74, 6) is 0. The lowest BCUT2D eigenvalue weighted by Gasteiger charge is -2.22. The van der Waals surface area contributed by atoms with Crippen LogP contribution >= 0.6 is 7.14 Å². The molecule has 1 nitrogen and oxygen atoms in total. The number of rotatable bonds is 5. The molecule has 0 bridgehead atoms. The van der Waals surface area contributed by atoms with Crippen molar-refractivity contribution < 1.29 is 4.57 Å². The molecule has 0 saturated heterocycles. The Hall–Kier alpha value is -5.49. The minimum absolute atomic E-state index is 0.845. The Balaban J connectivity index is 1.45. The minimum atomic E-state index is -3.21. The van der Waals surface area contributed by atoms with Crippen LogP contribution in [0, 0.1) is 0 Å². The summed E-state index contributed by atoms with van der Waals surface area (Å²) in [6, 6.07) is 61.3. The molecule has 8 aromatic rings. The van der Waals surface area contributed by atoms with Crippen LogP contribution < -0.4 is 15.9 Å². The van der Waals surface area contributed by atoms with E-state index in [1.54, 1.807) is 0 Å². The highest BCUT2D eigenvalue weighted by molar-refractivity contribution is 7.85. The van der Waals surface area contributed by atoms with Crippen molar-refractivity contribution >= 4 is 44.6 Å². The highest BCUT2D eigenvalue weighted by Gasteiger charge is 2.35. The van der Waals surface area contributed by atoms with Crippen LogP contribution in [0.1, 0.15) is 0 Å². The SMILES string of the molecule is O=P(c1ccccc1)(c1ccccc1)c1ccc2c3c(cccc13)-c1c-2c(-c2ccccc2)c2ccccc2c1-c1ccccc1. The van der Waals surface area contributed by atoms with Crippen LogP contribution in [-0.4, -0.2) is 0 Å². The van der Waals surface area contributed by atoms with Crippen molar-refractivity contribution in [2.75, 3.05) is 0 Å². The third-order valence-corrected chi connectivity index (χ3v) is 12.6. The molecule has 0 atom stereocenters. The molecule has 0 aromatic heterocycles. The first-order chi connectivity index (χ1) is 22.7. The lowest BCUT2D eigenvalue weighted by Crippen LogP contribution is -2.25. The molecule has 0 saturated carbocycles. The van der Waals surface area contributed by atoms with Gasteiger partial charge >= 0.3 is 0 Å². The zero-order valence-corrected chi connectivity index (χ0v) is 26.0. The van der Waals surface area contributed by atoms with Gasteiger partial charge in [0.25, 0.3) is 0 Å². The molecular weight excluding hydrogens is 575 g/mol. The van der Waals surface area contributed by atoms with Gasteiger partial charge in [0.05, 0.1) is 0 Å². The predicted molar refractivity (Wildman–Crippen MR) is 196 cm³/mol. The van der Waals surface area contributed by atoms with Crippen molar-refractivity contribution in [2.45, 2.75) is 0 Å². The highest BCUT2D eigenvalue weighted by atomic mass is 31.2. The molecule has 0 aliphatic heterocycles. The van der Waals surface area contributed by atoms with Crippen LogP contribution in [-0.2, 0) is 4.57 Å². The molecule has 0 heterocycles. The minimum Gasteiger partial charge on any atom is -0.309 e. The summed E-state index contributed by atoms with van der Waals surface area (Å²) in [5.41, 5.74) is 9.75. The summed E-state index contributed by atoms with van der Waals surface area (Å²) < 4.78 is 15.7. The second-order valence-electron chi connectivity index (χ2n) is 11.9. The van der Waals surface area contributed by atoms with E-state index in [1.165, 1.54) is 60.7 Å². The van der Waals surface area contributed by atoms with E-state index >= 15 is 4.57 Å². The Morgan fingerprint density at radius 1 is 0.326 bits per heavy atom. The fraction of sp³-hybridized carbons (Fsp3) is 0. The Labute approximate surface area is 268 Å². The molecule has 0 spiro atoms. The van der Waals surface area contributed by atoms with Gasteiger partial charge in [-0.1, -0.05) is 170 Å². The molecule has 8 aromatic carbocycles. The van der Waals surface area contributed by atoms with Gasteiger partial charge in [-0.3, -0.25) is 0 Å². The second-order valence-corrected chi connectivity index (χ2v) is 14.7. The molecule has 9 rings (SSSR count). The zero-order chi connectivity index (χ0) is 30.7. The molecule has 0 fully saturated rings. The lowest BCUT2D eigenvalue weighted by atomic mass is 9.82. The van der Waals surface area contributed by atoms with Crippen LogP contribution in [0.4, 0.5) is 0 Å². The topological polar surface area (TPSA) is 17.1 Å². The Morgan fingerprint density at radius 3 is 1.24 bits per heavy atom. The maximum absolute atomic E-state index is 15.7. The lowest BCUT2D eigenvalue weighted by molar-refractivity contribution is 0.592.